The third-order valence-corrected chi connectivity index (χ3v) is 3.91. The van der Waals surface area contributed by atoms with Crippen LogP contribution in [0, 0.1) is 0 Å². The van der Waals surface area contributed by atoms with Crippen LogP contribution < -0.4 is 10.1 Å². The third kappa shape index (κ3) is 3.64. The Labute approximate surface area is 141 Å². The molecule has 0 aliphatic rings. The average Bonchev–Trinajstić information content (AvgIpc) is 3.02. The van der Waals surface area contributed by atoms with Gasteiger partial charge in [-0.1, -0.05) is 44.4 Å². The number of nitrogens with one attached hydrogen (secondary N) is 1. The Kier molecular flexibility index (Phi) is 5.25. The van der Waals surface area contributed by atoms with E-state index >= 15 is 0 Å². The Balaban J connectivity index is 1.87. The standard InChI is InChI=1S/C18H23N5O/c1-3-4-5-9-12-23-13-19-15-16(23)21-18(22-17(15)24-2)20-14-10-7-6-8-11-14/h6-8,10-11,13H,3-5,9,12H2,1-2H3,(H,20,21,22). The summed E-state index contributed by atoms with van der Waals surface area (Å²) in [6.45, 7) is 3.12. The molecular weight excluding hydrogens is 302 g/mol. The highest BCUT2D eigenvalue weighted by molar-refractivity contribution is 5.78. The molecule has 1 aromatic carbocycles. The van der Waals surface area contributed by atoms with Gasteiger partial charge < -0.3 is 14.6 Å². The van der Waals surface area contributed by atoms with Crippen LogP contribution in [0.2, 0.25) is 0 Å². The number of nitrogens with zero attached hydrogens (tertiary/aromatic N) is 4. The van der Waals surface area contributed by atoms with E-state index in [9.17, 15) is 0 Å². The molecule has 0 spiro atoms. The molecule has 0 saturated heterocycles. The number of imidazole rings is 1. The molecule has 2 heterocycles. The first kappa shape index (κ1) is 16.2. The van der Waals surface area contributed by atoms with E-state index in [0.29, 0.717) is 17.3 Å². The number of aromatic nitrogens is 4. The van der Waals surface area contributed by atoms with Gasteiger partial charge in [-0.25, -0.2) is 4.98 Å². The molecule has 0 unspecified atom stereocenters. The summed E-state index contributed by atoms with van der Waals surface area (Å²) in [6, 6.07) is 9.86. The van der Waals surface area contributed by atoms with Crippen molar-refractivity contribution in [3.05, 3.63) is 36.7 Å². The molecule has 3 aromatic rings. The SMILES string of the molecule is CCCCCCn1cnc2c(OC)nc(Nc3ccccc3)nc21. The van der Waals surface area contributed by atoms with Crippen molar-refractivity contribution < 1.29 is 4.74 Å². The van der Waals surface area contributed by atoms with Gasteiger partial charge in [-0.05, 0) is 18.6 Å². The number of hydrogen-bond acceptors (Lipinski definition) is 5. The Bertz CT molecular complexity index is 785. The van der Waals surface area contributed by atoms with Gasteiger partial charge in [-0.3, -0.25) is 0 Å². The van der Waals surface area contributed by atoms with E-state index in [-0.39, 0.29) is 0 Å². The van der Waals surface area contributed by atoms with Gasteiger partial charge in [0.2, 0.25) is 11.8 Å². The van der Waals surface area contributed by atoms with E-state index in [1.165, 1.54) is 19.3 Å². The zero-order valence-electron chi connectivity index (χ0n) is 14.2. The summed E-state index contributed by atoms with van der Waals surface area (Å²) in [6.07, 6.45) is 6.64. The van der Waals surface area contributed by atoms with Crippen molar-refractivity contribution in [2.75, 3.05) is 12.4 Å². The predicted molar refractivity (Wildman–Crippen MR) is 95.7 cm³/mol. The first-order valence-corrected chi connectivity index (χ1v) is 8.40. The normalized spacial score (nSPS) is 10.9. The Hall–Kier alpha value is -2.63. The molecule has 1 N–H and O–H groups in total. The van der Waals surface area contributed by atoms with E-state index in [4.69, 9.17) is 4.74 Å². The van der Waals surface area contributed by atoms with Gasteiger partial charge in [-0.15, -0.1) is 0 Å². The van der Waals surface area contributed by atoms with E-state index in [2.05, 4.69) is 31.8 Å². The minimum absolute atomic E-state index is 0.491. The molecule has 0 aliphatic heterocycles. The fraction of sp³-hybridized carbons (Fsp3) is 0.389. The van der Waals surface area contributed by atoms with Crippen LogP contribution in [0.25, 0.3) is 11.2 Å². The van der Waals surface area contributed by atoms with Crippen molar-refractivity contribution in [1.82, 2.24) is 19.5 Å². The monoisotopic (exact) mass is 325 g/mol. The summed E-state index contributed by atoms with van der Waals surface area (Å²) in [4.78, 5) is 13.5. The number of fused-ring (bicyclic) bond motifs is 1. The number of para-hydroxylation sites is 1. The molecule has 24 heavy (non-hydrogen) atoms. The van der Waals surface area contributed by atoms with Gasteiger partial charge in [0.05, 0.1) is 13.4 Å². The maximum atomic E-state index is 5.40. The third-order valence-electron chi connectivity index (χ3n) is 3.91. The van der Waals surface area contributed by atoms with Crippen LogP contribution in [0.4, 0.5) is 11.6 Å². The van der Waals surface area contributed by atoms with E-state index < -0.39 is 0 Å². The van der Waals surface area contributed by atoms with Crippen molar-refractivity contribution in [1.29, 1.82) is 0 Å². The smallest absolute Gasteiger partial charge is 0.246 e. The van der Waals surface area contributed by atoms with Gasteiger partial charge in [0.1, 0.15) is 0 Å². The van der Waals surface area contributed by atoms with Gasteiger partial charge >= 0.3 is 0 Å². The summed E-state index contributed by atoms with van der Waals surface area (Å²) >= 11 is 0. The van der Waals surface area contributed by atoms with E-state index in [1.807, 2.05) is 36.7 Å². The second-order valence-electron chi connectivity index (χ2n) is 5.72. The number of aryl methyl sites for hydroxylation is 1. The van der Waals surface area contributed by atoms with Crippen LogP contribution in [0.5, 0.6) is 5.88 Å². The lowest BCUT2D eigenvalue weighted by Crippen LogP contribution is -2.03. The summed E-state index contributed by atoms with van der Waals surface area (Å²) in [5, 5.41) is 3.22. The lowest BCUT2D eigenvalue weighted by atomic mass is 10.2. The van der Waals surface area contributed by atoms with Crippen LogP contribution in [-0.4, -0.2) is 26.6 Å². The number of anilines is 2. The van der Waals surface area contributed by atoms with Gasteiger partial charge in [-0.2, -0.15) is 9.97 Å². The molecular formula is C18H23N5O. The maximum Gasteiger partial charge on any atom is 0.246 e. The van der Waals surface area contributed by atoms with Crippen molar-refractivity contribution in [3.8, 4) is 5.88 Å². The van der Waals surface area contributed by atoms with Crippen LogP contribution >= 0.6 is 0 Å². The minimum Gasteiger partial charge on any atom is -0.479 e. The van der Waals surface area contributed by atoms with Crippen LogP contribution in [0.1, 0.15) is 32.6 Å². The molecule has 2 aromatic heterocycles. The molecule has 126 valence electrons. The van der Waals surface area contributed by atoms with Crippen molar-refractivity contribution in [2.45, 2.75) is 39.2 Å². The van der Waals surface area contributed by atoms with Crippen LogP contribution in [-0.2, 0) is 6.54 Å². The fourth-order valence-electron chi connectivity index (χ4n) is 2.64. The van der Waals surface area contributed by atoms with Gasteiger partial charge in [0.25, 0.3) is 0 Å². The minimum atomic E-state index is 0.491. The number of ether oxygens (including phenoxy) is 1. The number of benzene rings is 1. The van der Waals surface area contributed by atoms with E-state index in [0.717, 1.165) is 24.3 Å². The highest BCUT2D eigenvalue weighted by Crippen LogP contribution is 2.24. The van der Waals surface area contributed by atoms with Gasteiger partial charge in [0, 0.05) is 12.2 Å². The number of unbranched alkanes of at least 4 members (excludes halogenated alkanes) is 3. The second kappa shape index (κ2) is 7.77. The fourth-order valence-corrected chi connectivity index (χ4v) is 2.64. The molecule has 0 radical (unpaired) electrons. The second-order valence-corrected chi connectivity index (χ2v) is 5.72. The van der Waals surface area contributed by atoms with Crippen molar-refractivity contribution in [3.63, 3.8) is 0 Å². The molecule has 0 bridgehead atoms. The van der Waals surface area contributed by atoms with Crippen LogP contribution in [0.15, 0.2) is 36.7 Å². The molecule has 0 atom stereocenters. The molecule has 0 fully saturated rings. The molecule has 6 nitrogen and oxygen atoms in total. The van der Waals surface area contributed by atoms with E-state index in [1.54, 1.807) is 7.11 Å². The number of methoxy groups -OCH3 is 1. The summed E-state index contributed by atoms with van der Waals surface area (Å²) in [7, 11) is 1.61. The summed E-state index contributed by atoms with van der Waals surface area (Å²) in [5.41, 5.74) is 2.44. The zero-order chi connectivity index (χ0) is 16.8. The molecule has 0 amide bonds. The Morgan fingerprint density at radius 3 is 2.67 bits per heavy atom. The lowest BCUT2D eigenvalue weighted by molar-refractivity contribution is 0.402. The quantitative estimate of drug-likeness (QED) is 0.630. The first-order chi connectivity index (χ1) is 11.8. The number of rotatable bonds is 8. The first-order valence-electron chi connectivity index (χ1n) is 8.40. The molecule has 3 rings (SSSR count). The Morgan fingerprint density at radius 2 is 1.92 bits per heavy atom. The zero-order valence-corrected chi connectivity index (χ0v) is 14.2. The van der Waals surface area contributed by atoms with Crippen LogP contribution in [0.3, 0.4) is 0 Å². The summed E-state index contributed by atoms with van der Waals surface area (Å²) in [5.74, 6) is 1.01. The predicted octanol–water partition coefficient (Wildman–Crippen LogP) is 4.16. The average molecular weight is 325 g/mol. The largest absolute Gasteiger partial charge is 0.479 e. The highest BCUT2D eigenvalue weighted by atomic mass is 16.5. The Morgan fingerprint density at radius 1 is 1.08 bits per heavy atom. The van der Waals surface area contributed by atoms with Crippen molar-refractivity contribution in [2.24, 2.45) is 0 Å². The highest BCUT2D eigenvalue weighted by Gasteiger charge is 2.14. The lowest BCUT2D eigenvalue weighted by Gasteiger charge is -2.08. The summed E-state index contributed by atoms with van der Waals surface area (Å²) < 4.78 is 7.47. The maximum absolute atomic E-state index is 5.40. The van der Waals surface area contributed by atoms with Crippen molar-refractivity contribution >= 4 is 22.8 Å². The molecule has 0 aliphatic carbocycles. The van der Waals surface area contributed by atoms with Gasteiger partial charge in [0.15, 0.2) is 11.2 Å². The molecule has 6 heteroatoms. The topological polar surface area (TPSA) is 64.9 Å². The molecule has 0 saturated carbocycles. The number of hydrogen-bond donors (Lipinski definition) is 1.